The first-order valence-corrected chi connectivity index (χ1v) is 9.27. The Morgan fingerprint density at radius 3 is 2.75 bits per heavy atom. The van der Waals surface area contributed by atoms with Crippen molar-refractivity contribution in [3.05, 3.63) is 29.8 Å². The van der Waals surface area contributed by atoms with Gasteiger partial charge in [-0.2, -0.15) is 13.2 Å². The fourth-order valence-electron chi connectivity index (χ4n) is 3.92. The maximum Gasteiger partial charge on any atom is 0.416 e. The molecule has 2 amide bonds. The molecule has 0 radical (unpaired) electrons. The Morgan fingerprint density at radius 1 is 1.32 bits per heavy atom. The Hall–Kier alpha value is -2.42. The topological polar surface area (TPSA) is 68.1 Å². The van der Waals surface area contributed by atoms with E-state index in [0.29, 0.717) is 25.9 Å². The van der Waals surface area contributed by atoms with Crippen LogP contribution in [0.2, 0.25) is 0 Å². The maximum absolute atomic E-state index is 13.0. The van der Waals surface area contributed by atoms with Crippen LogP contribution in [0.4, 0.5) is 18.9 Å². The third kappa shape index (κ3) is 4.04. The van der Waals surface area contributed by atoms with E-state index in [-0.39, 0.29) is 30.6 Å². The van der Waals surface area contributed by atoms with Gasteiger partial charge in [0.2, 0.25) is 5.91 Å². The number of ether oxygens (including phenoxy) is 1. The third-order valence-corrected chi connectivity index (χ3v) is 5.25. The smallest absolute Gasteiger partial charge is 0.416 e. The van der Waals surface area contributed by atoms with Gasteiger partial charge in [0.15, 0.2) is 6.04 Å². The molecule has 0 bridgehead atoms. The molecule has 1 N–H and O–H groups in total. The molecular formula is C19H22F3N2O4+. The lowest BCUT2D eigenvalue weighted by atomic mass is 9.96. The summed E-state index contributed by atoms with van der Waals surface area (Å²) in [6.07, 6.45) is -3.28. The number of carbonyl (C=O) groups excluding carboxylic acids is 3. The van der Waals surface area contributed by atoms with Crippen LogP contribution in [-0.2, 0) is 25.3 Å². The van der Waals surface area contributed by atoms with Gasteiger partial charge < -0.3 is 9.64 Å². The first-order valence-electron chi connectivity index (χ1n) is 9.27. The van der Waals surface area contributed by atoms with Gasteiger partial charge in [-0.25, -0.2) is 4.90 Å². The minimum atomic E-state index is -4.56. The van der Waals surface area contributed by atoms with E-state index < -0.39 is 29.6 Å². The van der Waals surface area contributed by atoms with Crippen LogP contribution in [0.1, 0.15) is 31.7 Å². The summed E-state index contributed by atoms with van der Waals surface area (Å²) in [7, 11) is 0. The number of nitrogens with zero attached hydrogens (tertiary/aromatic N) is 1. The van der Waals surface area contributed by atoms with Crippen LogP contribution in [0.15, 0.2) is 24.3 Å². The highest BCUT2D eigenvalue weighted by molar-refractivity contribution is 6.21. The molecule has 0 aliphatic carbocycles. The lowest BCUT2D eigenvalue weighted by molar-refractivity contribution is -0.922. The van der Waals surface area contributed by atoms with Gasteiger partial charge in [0.1, 0.15) is 5.92 Å². The molecule has 2 fully saturated rings. The summed E-state index contributed by atoms with van der Waals surface area (Å²) < 4.78 is 43.9. The number of alkyl halides is 3. The van der Waals surface area contributed by atoms with E-state index in [1.54, 1.807) is 6.92 Å². The zero-order valence-electron chi connectivity index (χ0n) is 15.4. The van der Waals surface area contributed by atoms with Gasteiger partial charge in [-0.15, -0.1) is 0 Å². The van der Waals surface area contributed by atoms with Crippen molar-refractivity contribution in [1.82, 2.24) is 0 Å². The largest absolute Gasteiger partial charge is 0.466 e. The van der Waals surface area contributed by atoms with E-state index in [4.69, 9.17) is 4.74 Å². The minimum absolute atomic E-state index is 0.0781. The summed E-state index contributed by atoms with van der Waals surface area (Å²) in [6, 6.07) is 3.51. The number of hydrogen-bond donors (Lipinski definition) is 1. The van der Waals surface area contributed by atoms with Crippen molar-refractivity contribution in [2.75, 3.05) is 24.6 Å². The first-order chi connectivity index (χ1) is 13.2. The van der Waals surface area contributed by atoms with Crippen LogP contribution in [0.25, 0.3) is 0 Å². The summed E-state index contributed by atoms with van der Waals surface area (Å²) in [5, 5.41) is 0. The second-order valence-electron chi connectivity index (χ2n) is 7.08. The number of quaternary nitrogens is 1. The molecule has 1 aromatic carbocycles. The SMILES string of the molecule is CCOC(=O)[C@H]1CCC[NH+]([C@@H]2CC(=O)N(c3cccc(C(F)(F)F)c3)C2=O)C1. The molecule has 1 unspecified atom stereocenters. The molecule has 9 heteroatoms. The molecular weight excluding hydrogens is 377 g/mol. The number of likely N-dealkylation sites (tertiary alicyclic amines) is 1. The van der Waals surface area contributed by atoms with E-state index in [0.717, 1.165) is 21.9 Å². The first kappa shape index (κ1) is 20.3. The van der Waals surface area contributed by atoms with E-state index in [1.807, 2.05) is 0 Å². The van der Waals surface area contributed by atoms with Crippen molar-refractivity contribution in [2.24, 2.45) is 5.92 Å². The van der Waals surface area contributed by atoms with Gasteiger partial charge in [0.05, 0.1) is 37.4 Å². The van der Waals surface area contributed by atoms with Crippen LogP contribution < -0.4 is 9.80 Å². The number of anilines is 1. The highest BCUT2D eigenvalue weighted by atomic mass is 19.4. The zero-order valence-corrected chi connectivity index (χ0v) is 15.4. The molecule has 6 nitrogen and oxygen atoms in total. The maximum atomic E-state index is 13.0. The number of amides is 2. The van der Waals surface area contributed by atoms with E-state index in [2.05, 4.69) is 0 Å². The van der Waals surface area contributed by atoms with Gasteiger partial charge in [0, 0.05) is 0 Å². The Balaban J connectivity index is 1.78. The van der Waals surface area contributed by atoms with Crippen molar-refractivity contribution in [3.63, 3.8) is 0 Å². The monoisotopic (exact) mass is 399 g/mol. The molecule has 2 aliphatic rings. The van der Waals surface area contributed by atoms with E-state index in [9.17, 15) is 27.6 Å². The second-order valence-corrected chi connectivity index (χ2v) is 7.08. The number of esters is 1. The number of benzene rings is 1. The fourth-order valence-corrected chi connectivity index (χ4v) is 3.92. The molecule has 2 saturated heterocycles. The second kappa shape index (κ2) is 7.90. The van der Waals surface area contributed by atoms with Gasteiger partial charge in [-0.05, 0) is 38.0 Å². The average Bonchev–Trinajstić information content (AvgIpc) is 2.96. The predicted molar refractivity (Wildman–Crippen MR) is 92.4 cm³/mol. The molecule has 2 heterocycles. The third-order valence-electron chi connectivity index (χ3n) is 5.25. The van der Waals surface area contributed by atoms with E-state index >= 15 is 0 Å². The van der Waals surface area contributed by atoms with Crippen molar-refractivity contribution in [1.29, 1.82) is 0 Å². The Bertz CT molecular complexity index is 781. The van der Waals surface area contributed by atoms with Crippen LogP contribution in [0, 0.1) is 5.92 Å². The number of nitrogens with one attached hydrogen (secondary N) is 1. The number of hydrogen-bond acceptors (Lipinski definition) is 4. The number of imide groups is 1. The molecule has 0 saturated carbocycles. The highest BCUT2D eigenvalue weighted by Crippen LogP contribution is 2.33. The summed E-state index contributed by atoms with van der Waals surface area (Å²) in [6.45, 7) is 2.99. The lowest BCUT2D eigenvalue weighted by Gasteiger charge is -2.31. The number of rotatable bonds is 4. The van der Waals surface area contributed by atoms with Crippen LogP contribution >= 0.6 is 0 Å². The van der Waals surface area contributed by atoms with Gasteiger partial charge in [-0.1, -0.05) is 6.07 Å². The van der Waals surface area contributed by atoms with Crippen molar-refractivity contribution >= 4 is 23.5 Å². The normalized spacial score (nSPS) is 25.9. The van der Waals surface area contributed by atoms with E-state index in [1.165, 1.54) is 12.1 Å². The molecule has 3 rings (SSSR count). The standard InChI is InChI=1S/C19H21F3N2O4/c1-2-28-18(27)12-5-4-8-23(11-12)15-10-16(25)24(17(15)26)14-7-3-6-13(9-14)19(20,21)22/h3,6-7,9,12,15H,2,4-5,8,10-11H2,1H3/p+1/t12-,15+/m0/s1. The quantitative estimate of drug-likeness (QED) is 0.610. The fraction of sp³-hybridized carbons (Fsp3) is 0.526. The number of carbonyl (C=O) groups is 3. The average molecular weight is 399 g/mol. The molecule has 2 aliphatic heterocycles. The summed E-state index contributed by atoms with van der Waals surface area (Å²) in [5.74, 6) is -1.70. The van der Waals surface area contributed by atoms with Gasteiger partial charge in [0.25, 0.3) is 5.91 Å². The predicted octanol–water partition coefficient (Wildman–Crippen LogP) is 1.20. The lowest BCUT2D eigenvalue weighted by Crippen LogP contribution is -3.18. The molecule has 1 aromatic rings. The molecule has 0 aromatic heterocycles. The summed E-state index contributed by atoms with van der Waals surface area (Å²) in [5.41, 5.74) is -0.993. The highest BCUT2D eigenvalue weighted by Gasteiger charge is 2.48. The number of halogens is 3. The summed E-state index contributed by atoms with van der Waals surface area (Å²) in [4.78, 5) is 39.0. The Labute approximate surface area is 160 Å². The van der Waals surface area contributed by atoms with Crippen molar-refractivity contribution in [3.8, 4) is 0 Å². The summed E-state index contributed by atoms with van der Waals surface area (Å²) >= 11 is 0. The zero-order chi connectivity index (χ0) is 20.5. The molecule has 0 spiro atoms. The van der Waals surface area contributed by atoms with Crippen LogP contribution in [0.5, 0.6) is 0 Å². The Morgan fingerprint density at radius 2 is 2.07 bits per heavy atom. The van der Waals surface area contributed by atoms with Crippen LogP contribution in [-0.4, -0.2) is 43.5 Å². The molecule has 28 heavy (non-hydrogen) atoms. The van der Waals surface area contributed by atoms with Gasteiger partial charge in [-0.3, -0.25) is 14.4 Å². The minimum Gasteiger partial charge on any atom is -0.466 e. The van der Waals surface area contributed by atoms with Crippen molar-refractivity contribution < 1.29 is 37.2 Å². The molecule has 3 atom stereocenters. The van der Waals surface area contributed by atoms with Gasteiger partial charge >= 0.3 is 12.1 Å². The Kier molecular flexibility index (Phi) is 5.74. The molecule has 152 valence electrons. The van der Waals surface area contributed by atoms with Crippen LogP contribution in [0.3, 0.4) is 0 Å². The number of piperidine rings is 1. The van der Waals surface area contributed by atoms with Crippen molar-refractivity contribution in [2.45, 2.75) is 38.4 Å².